The fourth-order valence-electron chi connectivity index (χ4n) is 2.13. The van der Waals surface area contributed by atoms with Crippen LogP contribution in [-0.4, -0.2) is 11.5 Å². The van der Waals surface area contributed by atoms with Crippen molar-refractivity contribution in [3.05, 3.63) is 59.3 Å². The summed E-state index contributed by atoms with van der Waals surface area (Å²) in [6.45, 7) is 2.46. The lowest BCUT2D eigenvalue weighted by molar-refractivity contribution is 0.292. The zero-order valence-corrected chi connectivity index (χ0v) is 11.5. The van der Waals surface area contributed by atoms with Gasteiger partial charge in [-0.1, -0.05) is 36.4 Å². The molecule has 0 bridgehead atoms. The van der Waals surface area contributed by atoms with E-state index in [-0.39, 0.29) is 12.4 Å². The Kier molecular flexibility index (Phi) is 4.77. The lowest BCUT2D eigenvalue weighted by atomic mass is 10.1. The molecule has 3 nitrogen and oxygen atoms in total. The summed E-state index contributed by atoms with van der Waals surface area (Å²) >= 11 is 0. The van der Waals surface area contributed by atoms with Crippen LogP contribution in [0, 0.1) is 0 Å². The molecule has 0 spiro atoms. The second kappa shape index (κ2) is 6.55. The van der Waals surface area contributed by atoms with Crippen molar-refractivity contribution in [2.75, 3.05) is 6.54 Å². The van der Waals surface area contributed by atoms with Crippen LogP contribution in [0.1, 0.15) is 16.8 Å². The summed E-state index contributed by atoms with van der Waals surface area (Å²) in [5.74, 6) is 0.710. The molecule has 0 atom stereocenters. The van der Waals surface area contributed by atoms with E-state index < -0.39 is 0 Å². The third kappa shape index (κ3) is 3.46. The van der Waals surface area contributed by atoms with Crippen LogP contribution >= 0.6 is 12.4 Å². The van der Waals surface area contributed by atoms with Gasteiger partial charge in [-0.3, -0.25) is 0 Å². The van der Waals surface area contributed by atoms with Crippen molar-refractivity contribution in [1.29, 1.82) is 0 Å². The monoisotopic (exact) mass is 276 g/mol. The number of rotatable bonds is 3. The van der Waals surface area contributed by atoms with Crippen molar-refractivity contribution >= 4 is 12.4 Å². The molecule has 0 saturated carbocycles. The number of nitrogens with one attached hydrogen (secondary N) is 1. The molecule has 2 heterocycles. The van der Waals surface area contributed by atoms with E-state index in [0.717, 1.165) is 30.8 Å². The Bertz CT molecular complexity index is 531. The predicted octanol–water partition coefficient (Wildman–Crippen LogP) is 2.73. The largest absolute Gasteiger partial charge is 0.473 e. The van der Waals surface area contributed by atoms with Crippen molar-refractivity contribution in [3.8, 4) is 5.88 Å². The zero-order valence-electron chi connectivity index (χ0n) is 10.6. The Morgan fingerprint density at radius 2 is 1.95 bits per heavy atom. The van der Waals surface area contributed by atoms with Crippen LogP contribution in [-0.2, 0) is 19.6 Å². The summed E-state index contributed by atoms with van der Waals surface area (Å²) in [4.78, 5) is 4.54. The van der Waals surface area contributed by atoms with E-state index in [2.05, 4.69) is 28.5 Å². The summed E-state index contributed by atoms with van der Waals surface area (Å²) in [6, 6.07) is 14.2. The molecular weight excluding hydrogens is 260 g/mol. The predicted molar refractivity (Wildman–Crippen MR) is 77.7 cm³/mol. The first kappa shape index (κ1) is 13.8. The quantitative estimate of drug-likeness (QED) is 0.936. The number of halogens is 1. The average Bonchev–Trinajstić information content (AvgIpc) is 2.46. The number of ether oxygens (including phenoxy) is 1. The Morgan fingerprint density at radius 3 is 2.79 bits per heavy atom. The molecular formula is C15H17ClN2O. The van der Waals surface area contributed by atoms with Crippen LogP contribution in [0.2, 0.25) is 0 Å². The molecule has 1 aromatic carbocycles. The molecule has 100 valence electrons. The molecule has 0 aliphatic carbocycles. The first-order chi connectivity index (χ1) is 8.92. The molecule has 3 rings (SSSR count). The topological polar surface area (TPSA) is 34.1 Å². The second-order valence-corrected chi connectivity index (χ2v) is 4.46. The standard InChI is InChI=1S/C15H16N2O.ClH/c1-2-4-12(5-3-1)11-18-15-7-6-13-8-9-16-10-14(13)17-15;/h1-7,16H,8-11H2;1H. The van der Waals surface area contributed by atoms with E-state index >= 15 is 0 Å². The third-order valence-corrected chi connectivity index (χ3v) is 3.14. The van der Waals surface area contributed by atoms with E-state index in [1.165, 1.54) is 5.56 Å². The minimum absolute atomic E-state index is 0. The van der Waals surface area contributed by atoms with Gasteiger partial charge >= 0.3 is 0 Å². The summed E-state index contributed by atoms with van der Waals surface area (Å²) < 4.78 is 5.72. The van der Waals surface area contributed by atoms with E-state index in [1.807, 2.05) is 24.3 Å². The number of benzene rings is 1. The molecule has 4 heteroatoms. The van der Waals surface area contributed by atoms with Crippen molar-refractivity contribution in [2.45, 2.75) is 19.6 Å². The number of hydrogen-bond acceptors (Lipinski definition) is 3. The lowest BCUT2D eigenvalue weighted by Gasteiger charge is -2.16. The van der Waals surface area contributed by atoms with Gasteiger partial charge in [-0.25, -0.2) is 4.98 Å². The summed E-state index contributed by atoms with van der Waals surface area (Å²) in [7, 11) is 0. The Balaban J connectivity index is 0.00000133. The SMILES string of the molecule is Cl.c1ccc(COc2ccc3c(n2)CNCC3)cc1. The molecule has 0 saturated heterocycles. The Morgan fingerprint density at radius 1 is 1.11 bits per heavy atom. The molecule has 1 N–H and O–H groups in total. The number of pyridine rings is 1. The summed E-state index contributed by atoms with van der Waals surface area (Å²) in [5.41, 5.74) is 3.61. The number of fused-ring (bicyclic) bond motifs is 1. The van der Waals surface area contributed by atoms with Gasteiger partial charge in [0.2, 0.25) is 5.88 Å². The average molecular weight is 277 g/mol. The molecule has 0 amide bonds. The molecule has 0 radical (unpaired) electrons. The maximum absolute atomic E-state index is 5.72. The van der Waals surface area contributed by atoms with Crippen LogP contribution in [0.4, 0.5) is 0 Å². The van der Waals surface area contributed by atoms with E-state index in [9.17, 15) is 0 Å². The van der Waals surface area contributed by atoms with Gasteiger partial charge in [0, 0.05) is 12.6 Å². The van der Waals surface area contributed by atoms with Gasteiger partial charge in [0.25, 0.3) is 0 Å². The Hall–Kier alpha value is -1.58. The van der Waals surface area contributed by atoms with Gasteiger partial charge in [0.1, 0.15) is 6.61 Å². The molecule has 1 aliphatic rings. The summed E-state index contributed by atoms with van der Waals surface area (Å²) in [6.07, 6.45) is 1.06. The molecule has 1 aromatic heterocycles. The lowest BCUT2D eigenvalue weighted by Crippen LogP contribution is -2.24. The van der Waals surface area contributed by atoms with Crippen molar-refractivity contribution in [2.24, 2.45) is 0 Å². The first-order valence-electron chi connectivity index (χ1n) is 6.28. The van der Waals surface area contributed by atoms with Crippen LogP contribution in [0.3, 0.4) is 0 Å². The van der Waals surface area contributed by atoms with Crippen LogP contribution in [0.5, 0.6) is 5.88 Å². The van der Waals surface area contributed by atoms with Crippen molar-refractivity contribution in [3.63, 3.8) is 0 Å². The van der Waals surface area contributed by atoms with Gasteiger partial charge in [0.15, 0.2) is 0 Å². The second-order valence-electron chi connectivity index (χ2n) is 4.46. The van der Waals surface area contributed by atoms with Crippen molar-refractivity contribution < 1.29 is 4.74 Å². The summed E-state index contributed by atoms with van der Waals surface area (Å²) in [5, 5.41) is 3.32. The number of nitrogens with zero attached hydrogens (tertiary/aromatic N) is 1. The molecule has 0 unspecified atom stereocenters. The highest BCUT2D eigenvalue weighted by Crippen LogP contribution is 2.17. The van der Waals surface area contributed by atoms with E-state index in [0.29, 0.717) is 12.5 Å². The molecule has 19 heavy (non-hydrogen) atoms. The number of aromatic nitrogens is 1. The number of hydrogen-bond donors (Lipinski definition) is 1. The smallest absolute Gasteiger partial charge is 0.213 e. The van der Waals surface area contributed by atoms with Gasteiger partial charge in [-0.2, -0.15) is 0 Å². The molecule has 2 aromatic rings. The highest BCUT2D eigenvalue weighted by molar-refractivity contribution is 5.85. The normalized spacial score (nSPS) is 13.3. The fraction of sp³-hybridized carbons (Fsp3) is 0.267. The zero-order chi connectivity index (χ0) is 12.2. The maximum atomic E-state index is 5.72. The third-order valence-electron chi connectivity index (χ3n) is 3.14. The van der Waals surface area contributed by atoms with Gasteiger partial charge in [0.05, 0.1) is 5.69 Å². The minimum Gasteiger partial charge on any atom is -0.473 e. The first-order valence-corrected chi connectivity index (χ1v) is 6.28. The minimum atomic E-state index is 0. The van der Waals surface area contributed by atoms with Gasteiger partial charge < -0.3 is 10.1 Å². The highest BCUT2D eigenvalue weighted by atomic mass is 35.5. The highest BCUT2D eigenvalue weighted by Gasteiger charge is 2.10. The van der Waals surface area contributed by atoms with Crippen LogP contribution in [0.25, 0.3) is 0 Å². The fourth-order valence-corrected chi connectivity index (χ4v) is 2.13. The molecule has 0 fully saturated rings. The van der Waals surface area contributed by atoms with E-state index in [1.54, 1.807) is 0 Å². The maximum Gasteiger partial charge on any atom is 0.213 e. The van der Waals surface area contributed by atoms with Crippen molar-refractivity contribution in [1.82, 2.24) is 10.3 Å². The van der Waals surface area contributed by atoms with Gasteiger partial charge in [-0.05, 0) is 24.1 Å². The van der Waals surface area contributed by atoms with E-state index in [4.69, 9.17) is 4.74 Å². The Labute approximate surface area is 119 Å². The molecule has 1 aliphatic heterocycles. The van der Waals surface area contributed by atoms with Crippen LogP contribution < -0.4 is 10.1 Å². The van der Waals surface area contributed by atoms with Crippen LogP contribution in [0.15, 0.2) is 42.5 Å². The van der Waals surface area contributed by atoms with Gasteiger partial charge in [-0.15, -0.1) is 12.4 Å².